The van der Waals surface area contributed by atoms with Crippen LogP contribution in [0.3, 0.4) is 0 Å². The summed E-state index contributed by atoms with van der Waals surface area (Å²) in [6.45, 7) is 2.41. The standard InChI is InChI=1S/C12H12Cl3NO3/c1-11(7-12(11,14)15)4-5-19-10-3-2-8(16(17)18)6-9(10)13/h2-3,6H,4-5,7H2,1H3. The van der Waals surface area contributed by atoms with E-state index in [-0.39, 0.29) is 16.1 Å². The lowest BCUT2D eigenvalue weighted by molar-refractivity contribution is -0.384. The lowest BCUT2D eigenvalue weighted by Crippen LogP contribution is -2.10. The maximum atomic E-state index is 10.6. The van der Waals surface area contributed by atoms with Crippen LogP contribution in [0, 0.1) is 15.5 Å². The Morgan fingerprint density at radius 2 is 2.11 bits per heavy atom. The zero-order valence-corrected chi connectivity index (χ0v) is 12.4. The van der Waals surface area contributed by atoms with Crippen LogP contribution < -0.4 is 4.74 Å². The topological polar surface area (TPSA) is 52.4 Å². The predicted molar refractivity (Wildman–Crippen MR) is 75.4 cm³/mol. The molecule has 1 aliphatic carbocycles. The lowest BCUT2D eigenvalue weighted by Gasteiger charge is -2.13. The first-order valence-corrected chi connectivity index (χ1v) is 6.83. The smallest absolute Gasteiger partial charge is 0.271 e. The normalized spacial score (nSPS) is 24.0. The second-order valence-corrected chi connectivity index (χ2v) is 6.80. The van der Waals surface area contributed by atoms with Crippen molar-refractivity contribution in [1.29, 1.82) is 0 Å². The molecule has 0 aromatic heterocycles. The predicted octanol–water partition coefficient (Wildman–Crippen LogP) is 4.60. The Kier molecular flexibility index (Phi) is 3.87. The fourth-order valence-corrected chi connectivity index (χ4v) is 2.83. The van der Waals surface area contributed by atoms with E-state index >= 15 is 0 Å². The van der Waals surface area contributed by atoms with Crippen LogP contribution in [0.4, 0.5) is 5.69 Å². The van der Waals surface area contributed by atoms with E-state index in [2.05, 4.69) is 0 Å². The van der Waals surface area contributed by atoms with Crippen molar-refractivity contribution < 1.29 is 9.66 Å². The van der Waals surface area contributed by atoms with Crippen molar-refractivity contribution in [3.63, 3.8) is 0 Å². The van der Waals surface area contributed by atoms with E-state index in [1.54, 1.807) is 0 Å². The maximum absolute atomic E-state index is 10.6. The van der Waals surface area contributed by atoms with Crippen molar-refractivity contribution in [2.24, 2.45) is 5.41 Å². The number of ether oxygens (including phenoxy) is 1. The van der Waals surface area contributed by atoms with E-state index in [9.17, 15) is 10.1 Å². The molecule has 1 aliphatic rings. The summed E-state index contributed by atoms with van der Waals surface area (Å²) in [5.41, 5.74) is -0.198. The molecule has 104 valence electrons. The van der Waals surface area contributed by atoms with Crippen LogP contribution in [0.1, 0.15) is 19.8 Å². The molecule has 1 fully saturated rings. The number of benzene rings is 1. The average Bonchev–Trinajstić information content (AvgIpc) is 2.80. The third-order valence-electron chi connectivity index (χ3n) is 3.41. The van der Waals surface area contributed by atoms with Gasteiger partial charge in [-0.2, -0.15) is 0 Å². The van der Waals surface area contributed by atoms with Gasteiger partial charge in [-0.05, 0) is 18.9 Å². The number of hydrogen-bond acceptors (Lipinski definition) is 3. The van der Waals surface area contributed by atoms with Crippen molar-refractivity contribution in [2.75, 3.05) is 6.61 Å². The monoisotopic (exact) mass is 323 g/mol. The van der Waals surface area contributed by atoms with Crippen LogP contribution in [0.5, 0.6) is 5.75 Å². The number of nitro benzene ring substituents is 1. The van der Waals surface area contributed by atoms with Gasteiger partial charge >= 0.3 is 0 Å². The Balaban J connectivity index is 1.92. The zero-order valence-electron chi connectivity index (χ0n) is 10.2. The number of rotatable bonds is 5. The van der Waals surface area contributed by atoms with Gasteiger partial charge in [0.1, 0.15) is 10.1 Å². The van der Waals surface area contributed by atoms with Crippen molar-refractivity contribution in [3.05, 3.63) is 33.3 Å². The van der Waals surface area contributed by atoms with Gasteiger partial charge in [0.15, 0.2) is 0 Å². The average molecular weight is 325 g/mol. The molecule has 1 aromatic carbocycles. The molecule has 1 saturated carbocycles. The van der Waals surface area contributed by atoms with Crippen LogP contribution in [0.2, 0.25) is 5.02 Å². The third-order valence-corrected chi connectivity index (χ3v) is 4.88. The Labute approximate surface area is 125 Å². The number of nitrogens with zero attached hydrogens (tertiary/aromatic N) is 1. The van der Waals surface area contributed by atoms with E-state index in [4.69, 9.17) is 39.5 Å². The second kappa shape index (κ2) is 5.00. The van der Waals surface area contributed by atoms with Crippen LogP contribution >= 0.6 is 34.8 Å². The van der Waals surface area contributed by atoms with Gasteiger partial charge in [0.05, 0.1) is 16.6 Å². The molecule has 1 atom stereocenters. The maximum Gasteiger partial charge on any atom is 0.271 e. The highest BCUT2D eigenvalue weighted by atomic mass is 35.5. The summed E-state index contributed by atoms with van der Waals surface area (Å²) >= 11 is 18.0. The Hall–Kier alpha value is -0.710. The van der Waals surface area contributed by atoms with Crippen molar-refractivity contribution in [1.82, 2.24) is 0 Å². The van der Waals surface area contributed by atoms with Gasteiger partial charge in [-0.15, -0.1) is 23.2 Å². The molecule has 7 heteroatoms. The first-order valence-electron chi connectivity index (χ1n) is 5.70. The SMILES string of the molecule is CC1(CCOc2ccc([N+](=O)[O-])cc2Cl)CC1(Cl)Cl. The van der Waals surface area contributed by atoms with Gasteiger partial charge in [-0.3, -0.25) is 10.1 Å². The van der Waals surface area contributed by atoms with E-state index in [0.717, 1.165) is 6.42 Å². The Morgan fingerprint density at radius 3 is 2.58 bits per heavy atom. The molecule has 0 N–H and O–H groups in total. The third kappa shape index (κ3) is 3.07. The largest absolute Gasteiger partial charge is 0.492 e. The van der Waals surface area contributed by atoms with Gasteiger partial charge in [-0.1, -0.05) is 18.5 Å². The summed E-state index contributed by atoms with van der Waals surface area (Å²) in [6.07, 6.45) is 1.44. The molecule has 19 heavy (non-hydrogen) atoms. The molecular formula is C12H12Cl3NO3. The molecule has 2 rings (SSSR count). The molecule has 0 amide bonds. The number of halogens is 3. The molecule has 0 saturated heterocycles. The van der Waals surface area contributed by atoms with Crippen LogP contribution in [-0.2, 0) is 0 Å². The molecule has 0 bridgehead atoms. The summed E-state index contributed by atoms with van der Waals surface area (Å²) in [6, 6.07) is 4.11. The van der Waals surface area contributed by atoms with Gasteiger partial charge in [0.2, 0.25) is 0 Å². The van der Waals surface area contributed by atoms with E-state index in [1.165, 1.54) is 18.2 Å². The highest BCUT2D eigenvalue weighted by Crippen LogP contribution is 2.65. The molecule has 0 spiro atoms. The number of alkyl halides is 2. The highest BCUT2D eigenvalue weighted by Gasteiger charge is 2.62. The summed E-state index contributed by atoms with van der Waals surface area (Å²) in [5.74, 6) is 0.422. The number of non-ortho nitro benzene ring substituents is 1. The van der Waals surface area contributed by atoms with Crippen molar-refractivity contribution in [2.45, 2.75) is 24.1 Å². The van der Waals surface area contributed by atoms with E-state index in [1.807, 2.05) is 6.92 Å². The number of hydrogen-bond donors (Lipinski definition) is 0. The fraction of sp³-hybridized carbons (Fsp3) is 0.500. The van der Waals surface area contributed by atoms with Gasteiger partial charge in [-0.25, -0.2) is 0 Å². The van der Waals surface area contributed by atoms with Gasteiger partial charge in [0.25, 0.3) is 5.69 Å². The molecule has 0 heterocycles. The molecular weight excluding hydrogens is 312 g/mol. The minimum absolute atomic E-state index is 0.0629. The Morgan fingerprint density at radius 1 is 1.47 bits per heavy atom. The van der Waals surface area contributed by atoms with Crippen molar-refractivity contribution in [3.8, 4) is 5.75 Å². The fourth-order valence-electron chi connectivity index (χ4n) is 1.82. The summed E-state index contributed by atoms with van der Waals surface area (Å²) in [7, 11) is 0. The molecule has 1 aromatic rings. The zero-order chi connectivity index (χ0) is 14.3. The minimum atomic E-state index is -0.671. The second-order valence-electron chi connectivity index (χ2n) is 4.91. The minimum Gasteiger partial charge on any atom is -0.492 e. The lowest BCUT2D eigenvalue weighted by atomic mass is 10.1. The van der Waals surface area contributed by atoms with Crippen LogP contribution in [0.15, 0.2) is 18.2 Å². The summed E-state index contributed by atoms with van der Waals surface area (Å²) in [5, 5.41) is 10.8. The van der Waals surface area contributed by atoms with Crippen LogP contribution in [-0.4, -0.2) is 15.9 Å². The van der Waals surface area contributed by atoms with Gasteiger partial charge < -0.3 is 4.74 Å². The van der Waals surface area contributed by atoms with Crippen LogP contribution in [0.25, 0.3) is 0 Å². The van der Waals surface area contributed by atoms with Crippen molar-refractivity contribution >= 4 is 40.5 Å². The Bertz CT molecular complexity index is 521. The first-order chi connectivity index (χ1) is 8.75. The first kappa shape index (κ1) is 14.7. The van der Waals surface area contributed by atoms with Gasteiger partial charge in [0, 0.05) is 17.5 Å². The number of nitro groups is 1. The van der Waals surface area contributed by atoms with E-state index < -0.39 is 9.26 Å². The quantitative estimate of drug-likeness (QED) is 0.452. The molecule has 4 nitrogen and oxygen atoms in total. The molecule has 1 unspecified atom stereocenters. The molecule has 0 aliphatic heterocycles. The summed E-state index contributed by atoms with van der Waals surface area (Å²) < 4.78 is 4.84. The highest BCUT2D eigenvalue weighted by molar-refractivity contribution is 6.51. The van der Waals surface area contributed by atoms with E-state index in [0.29, 0.717) is 18.8 Å². The molecule has 0 radical (unpaired) electrons. The summed E-state index contributed by atoms with van der Waals surface area (Å²) in [4.78, 5) is 10.1.